The molecule has 186 valence electrons. The first-order chi connectivity index (χ1) is 16.2. The van der Waals surface area contributed by atoms with E-state index in [4.69, 9.17) is 11.6 Å². The normalized spacial score (nSPS) is 19.2. The quantitative estimate of drug-likeness (QED) is 0.563. The van der Waals surface area contributed by atoms with Crippen molar-refractivity contribution in [2.75, 3.05) is 46.8 Å². The third kappa shape index (κ3) is 5.72. The minimum Gasteiger partial charge on any atom is -0.336 e. The molecule has 2 amide bonds. The van der Waals surface area contributed by atoms with E-state index in [1.54, 1.807) is 26.0 Å². The van der Waals surface area contributed by atoms with Crippen LogP contribution in [0.4, 0.5) is 4.79 Å². The lowest BCUT2D eigenvalue weighted by atomic mass is 9.89. The molecule has 0 saturated carbocycles. The van der Waals surface area contributed by atoms with E-state index >= 15 is 0 Å². The first kappa shape index (κ1) is 26.4. The van der Waals surface area contributed by atoms with Crippen LogP contribution in [0.1, 0.15) is 36.9 Å². The molecule has 8 nitrogen and oxygen atoms in total. The van der Waals surface area contributed by atoms with E-state index in [9.17, 15) is 13.2 Å². The van der Waals surface area contributed by atoms with Gasteiger partial charge in [-0.15, -0.1) is 0 Å². The van der Waals surface area contributed by atoms with Crippen molar-refractivity contribution in [3.63, 3.8) is 0 Å². The Morgan fingerprint density at radius 3 is 2.21 bits per heavy atom. The number of carbonyl (C=O) groups is 1. The highest BCUT2D eigenvalue weighted by Crippen LogP contribution is 2.45. The number of carbonyl (C=O) groups excluding carboxylic acids is 1. The molecule has 2 atom stereocenters. The zero-order chi connectivity index (χ0) is 24.9. The number of hydrazine groups is 1. The average molecular weight is 508 g/mol. The van der Waals surface area contributed by atoms with Crippen molar-refractivity contribution >= 4 is 27.8 Å². The third-order valence-corrected chi connectivity index (χ3v) is 8.32. The van der Waals surface area contributed by atoms with Crippen LogP contribution in [0.3, 0.4) is 0 Å². The summed E-state index contributed by atoms with van der Waals surface area (Å²) in [5.74, 6) is -0.257. The highest BCUT2D eigenvalue weighted by Gasteiger charge is 2.51. The largest absolute Gasteiger partial charge is 0.336 e. The molecule has 2 unspecified atom stereocenters. The van der Waals surface area contributed by atoms with Crippen LogP contribution >= 0.6 is 11.6 Å². The van der Waals surface area contributed by atoms with Crippen molar-refractivity contribution in [3.8, 4) is 0 Å². The summed E-state index contributed by atoms with van der Waals surface area (Å²) in [6, 6.07) is 15.9. The lowest BCUT2D eigenvalue weighted by molar-refractivity contribution is 0.106. The summed E-state index contributed by atoms with van der Waals surface area (Å²) in [4.78, 5) is 15.3. The second-order valence-corrected chi connectivity index (χ2v) is 10.7. The van der Waals surface area contributed by atoms with Crippen molar-refractivity contribution in [3.05, 3.63) is 70.7 Å². The highest BCUT2D eigenvalue weighted by atomic mass is 35.5. The van der Waals surface area contributed by atoms with Crippen molar-refractivity contribution in [2.45, 2.75) is 25.8 Å². The fourth-order valence-electron chi connectivity index (χ4n) is 4.26. The number of nitrogens with one attached hydrogen (secondary N) is 1. The van der Waals surface area contributed by atoms with E-state index in [0.29, 0.717) is 31.2 Å². The third-order valence-electron chi connectivity index (χ3n) is 6.00. The second-order valence-electron chi connectivity index (χ2n) is 8.50. The van der Waals surface area contributed by atoms with Gasteiger partial charge in [0.15, 0.2) is 0 Å². The van der Waals surface area contributed by atoms with Gasteiger partial charge in [-0.3, -0.25) is 0 Å². The Morgan fingerprint density at radius 1 is 1.03 bits per heavy atom. The standard InChI is InChI=1S/C24H34ClN5O3S/c1-5-28(6-2)34(32,33)30-23(20-12-14-21(25)15-13-20)22(19-10-8-7-9-11-19)18-29(30)24(31)26-16-17-27(3)4/h7-15,22-23H,5-6,16-18H2,1-4H3,(H,26,31). The molecule has 1 N–H and O–H groups in total. The molecular weight excluding hydrogens is 474 g/mol. The van der Waals surface area contributed by atoms with E-state index in [1.165, 1.54) is 13.7 Å². The number of rotatable bonds is 9. The van der Waals surface area contributed by atoms with Gasteiger partial charge in [-0.05, 0) is 37.4 Å². The van der Waals surface area contributed by atoms with Gasteiger partial charge >= 0.3 is 6.03 Å². The van der Waals surface area contributed by atoms with Crippen LogP contribution in [0.25, 0.3) is 0 Å². The molecule has 0 aromatic heterocycles. The van der Waals surface area contributed by atoms with Crippen LogP contribution < -0.4 is 5.32 Å². The molecule has 1 aliphatic rings. The summed E-state index contributed by atoms with van der Waals surface area (Å²) in [6.45, 7) is 5.47. The summed E-state index contributed by atoms with van der Waals surface area (Å²) in [5.41, 5.74) is 1.74. The van der Waals surface area contributed by atoms with Gasteiger partial charge < -0.3 is 10.2 Å². The summed E-state index contributed by atoms with van der Waals surface area (Å²) in [6.07, 6.45) is 0. The van der Waals surface area contributed by atoms with Crippen molar-refractivity contribution in [2.24, 2.45) is 0 Å². The molecule has 1 heterocycles. The number of nitrogens with zero attached hydrogens (tertiary/aromatic N) is 4. The predicted octanol–water partition coefficient (Wildman–Crippen LogP) is 3.56. The fraction of sp³-hybridized carbons (Fsp3) is 0.458. The molecular formula is C24H34ClN5O3S. The predicted molar refractivity (Wildman–Crippen MR) is 136 cm³/mol. The first-order valence-corrected chi connectivity index (χ1v) is 13.3. The lowest BCUT2D eigenvalue weighted by Gasteiger charge is -2.35. The first-order valence-electron chi connectivity index (χ1n) is 11.5. The smallest absolute Gasteiger partial charge is 0.332 e. The number of hydrogen-bond donors (Lipinski definition) is 1. The minimum absolute atomic E-state index is 0.228. The van der Waals surface area contributed by atoms with Gasteiger partial charge in [-0.1, -0.05) is 72.3 Å². The molecule has 34 heavy (non-hydrogen) atoms. The molecule has 0 bridgehead atoms. The van der Waals surface area contributed by atoms with Gasteiger partial charge in [0.05, 0.1) is 6.04 Å². The van der Waals surface area contributed by atoms with Crippen LogP contribution in [0.5, 0.6) is 0 Å². The Balaban J connectivity index is 2.12. The maximum atomic E-state index is 13.9. The minimum atomic E-state index is -4.00. The number of halogens is 1. The van der Waals surface area contributed by atoms with Gasteiger partial charge in [-0.25, -0.2) is 9.80 Å². The van der Waals surface area contributed by atoms with Crippen LogP contribution in [0.15, 0.2) is 54.6 Å². The SMILES string of the molecule is CCN(CC)S(=O)(=O)N1C(c2ccc(Cl)cc2)C(c2ccccc2)CN1C(=O)NCCN(C)C. The van der Waals surface area contributed by atoms with E-state index in [-0.39, 0.29) is 12.5 Å². The van der Waals surface area contributed by atoms with Gasteiger partial charge in [0.2, 0.25) is 0 Å². The Morgan fingerprint density at radius 2 is 1.65 bits per heavy atom. The van der Waals surface area contributed by atoms with E-state index in [0.717, 1.165) is 11.1 Å². The molecule has 0 spiro atoms. The number of amides is 2. The van der Waals surface area contributed by atoms with E-state index in [1.807, 2.05) is 61.5 Å². The van der Waals surface area contributed by atoms with Crippen LogP contribution in [0, 0.1) is 0 Å². The molecule has 2 aromatic carbocycles. The maximum absolute atomic E-state index is 13.9. The number of benzene rings is 2. The Bertz CT molecular complexity index is 1050. The van der Waals surface area contributed by atoms with Crippen LogP contribution in [-0.4, -0.2) is 79.9 Å². The van der Waals surface area contributed by atoms with Crippen molar-refractivity contribution in [1.82, 2.24) is 23.9 Å². The molecule has 1 aliphatic heterocycles. The summed E-state index contributed by atoms with van der Waals surface area (Å²) < 4.78 is 30.5. The molecule has 2 aromatic rings. The zero-order valence-electron chi connectivity index (χ0n) is 20.2. The fourth-order valence-corrected chi connectivity index (χ4v) is 6.23. The van der Waals surface area contributed by atoms with Gasteiger partial charge in [-0.2, -0.15) is 12.7 Å². The van der Waals surface area contributed by atoms with E-state index in [2.05, 4.69) is 5.32 Å². The molecule has 3 rings (SSSR count). The van der Waals surface area contributed by atoms with Crippen molar-refractivity contribution in [1.29, 1.82) is 0 Å². The second kappa shape index (κ2) is 11.5. The van der Waals surface area contributed by atoms with Crippen LogP contribution in [-0.2, 0) is 10.2 Å². The molecule has 1 saturated heterocycles. The summed E-state index contributed by atoms with van der Waals surface area (Å²) >= 11 is 6.14. The topological polar surface area (TPSA) is 76.2 Å². The molecule has 0 radical (unpaired) electrons. The highest BCUT2D eigenvalue weighted by molar-refractivity contribution is 7.86. The van der Waals surface area contributed by atoms with Crippen LogP contribution in [0.2, 0.25) is 5.02 Å². The van der Waals surface area contributed by atoms with Gasteiger partial charge in [0.25, 0.3) is 10.2 Å². The molecule has 0 aliphatic carbocycles. The monoisotopic (exact) mass is 507 g/mol. The Hall–Kier alpha value is -2.17. The molecule has 10 heteroatoms. The van der Waals surface area contributed by atoms with Gasteiger partial charge in [0, 0.05) is 43.7 Å². The lowest BCUT2D eigenvalue weighted by Crippen LogP contribution is -2.54. The van der Waals surface area contributed by atoms with Gasteiger partial charge in [0.1, 0.15) is 0 Å². The van der Waals surface area contributed by atoms with Crippen molar-refractivity contribution < 1.29 is 13.2 Å². The maximum Gasteiger partial charge on any atom is 0.332 e. The Labute approximate surface area is 208 Å². The average Bonchev–Trinajstić information content (AvgIpc) is 3.22. The zero-order valence-corrected chi connectivity index (χ0v) is 21.8. The van der Waals surface area contributed by atoms with E-state index < -0.39 is 22.3 Å². The number of hydrogen-bond acceptors (Lipinski definition) is 4. The number of urea groups is 1. The summed E-state index contributed by atoms with van der Waals surface area (Å²) in [7, 11) is -0.161. The number of likely N-dealkylation sites (N-methyl/N-ethyl adjacent to an activating group) is 1. The summed E-state index contributed by atoms with van der Waals surface area (Å²) in [5, 5.41) is 4.80. The Kier molecular flexibility index (Phi) is 8.95. The molecule has 1 fully saturated rings.